The Morgan fingerprint density at radius 2 is 1.83 bits per heavy atom. The zero-order valence-corrected chi connectivity index (χ0v) is 15.2. The van der Waals surface area contributed by atoms with E-state index in [4.69, 9.17) is 4.74 Å². The maximum Gasteiger partial charge on any atom is 0.317 e. The van der Waals surface area contributed by atoms with Crippen molar-refractivity contribution in [3.63, 3.8) is 0 Å². The van der Waals surface area contributed by atoms with Crippen molar-refractivity contribution in [1.82, 2.24) is 14.8 Å². The van der Waals surface area contributed by atoms with Crippen molar-refractivity contribution in [2.75, 3.05) is 19.6 Å². The minimum absolute atomic E-state index is 0.0133. The molecule has 1 N–H and O–H groups in total. The van der Waals surface area contributed by atoms with Gasteiger partial charge in [0.2, 0.25) is 5.56 Å². The lowest BCUT2D eigenvalue weighted by molar-refractivity contribution is -0.170. The lowest BCUT2D eigenvalue weighted by Gasteiger charge is -2.47. The summed E-state index contributed by atoms with van der Waals surface area (Å²) in [6.45, 7) is 10.5. The van der Waals surface area contributed by atoms with Gasteiger partial charge in [0.05, 0.1) is 24.3 Å². The second-order valence-electron chi connectivity index (χ2n) is 7.65. The fourth-order valence-corrected chi connectivity index (χ4v) is 3.29. The Hall–Kier alpha value is -1.82. The van der Waals surface area contributed by atoms with E-state index < -0.39 is 0 Å². The van der Waals surface area contributed by atoms with E-state index in [1.807, 2.05) is 38.7 Å². The van der Waals surface area contributed by atoms with E-state index >= 15 is 0 Å². The van der Waals surface area contributed by atoms with Crippen molar-refractivity contribution < 1.29 is 9.53 Å². The van der Waals surface area contributed by atoms with Crippen LogP contribution < -0.4 is 10.9 Å². The summed E-state index contributed by atoms with van der Waals surface area (Å²) >= 11 is 0. The number of carbonyl (C=O) groups excluding carboxylic acids is 1. The van der Waals surface area contributed by atoms with Crippen molar-refractivity contribution in [3.05, 3.63) is 34.7 Å². The van der Waals surface area contributed by atoms with Gasteiger partial charge in [-0.3, -0.25) is 4.79 Å². The number of hydrogen-bond acceptors (Lipinski definition) is 3. The number of aromatic nitrogens is 1. The van der Waals surface area contributed by atoms with Crippen molar-refractivity contribution >= 4 is 6.03 Å². The number of rotatable bonds is 5. The molecule has 134 valence electrons. The number of aryl methyl sites for hydroxylation is 1. The summed E-state index contributed by atoms with van der Waals surface area (Å²) in [5.41, 5.74) is -0.666. The average Bonchev–Trinajstić information content (AvgIpc) is 2.45. The van der Waals surface area contributed by atoms with Gasteiger partial charge in [-0.2, -0.15) is 0 Å². The van der Waals surface area contributed by atoms with Gasteiger partial charge in [-0.25, -0.2) is 4.79 Å². The van der Waals surface area contributed by atoms with Gasteiger partial charge >= 0.3 is 6.03 Å². The minimum atomic E-state index is -0.340. The highest BCUT2D eigenvalue weighted by Crippen LogP contribution is 2.27. The summed E-state index contributed by atoms with van der Waals surface area (Å²) in [7, 11) is 0. The van der Waals surface area contributed by atoms with Gasteiger partial charge in [0.25, 0.3) is 0 Å². The number of carbonyl (C=O) groups is 1. The number of urea groups is 1. The van der Waals surface area contributed by atoms with E-state index in [-0.39, 0.29) is 22.8 Å². The molecule has 1 saturated heterocycles. The van der Waals surface area contributed by atoms with Crippen LogP contribution in [-0.2, 0) is 11.3 Å². The van der Waals surface area contributed by atoms with Crippen LogP contribution in [0.2, 0.25) is 0 Å². The summed E-state index contributed by atoms with van der Waals surface area (Å²) < 4.78 is 7.68. The predicted octanol–water partition coefficient (Wildman–Crippen LogP) is 2.23. The van der Waals surface area contributed by atoms with Crippen molar-refractivity contribution in [1.29, 1.82) is 0 Å². The van der Waals surface area contributed by atoms with Gasteiger partial charge in [0, 0.05) is 25.4 Å². The second-order valence-corrected chi connectivity index (χ2v) is 7.65. The van der Waals surface area contributed by atoms with Crippen LogP contribution in [0, 0.1) is 0 Å². The van der Waals surface area contributed by atoms with Crippen LogP contribution in [0.5, 0.6) is 0 Å². The van der Waals surface area contributed by atoms with Gasteiger partial charge in [-0.1, -0.05) is 6.07 Å². The van der Waals surface area contributed by atoms with Crippen LogP contribution in [0.25, 0.3) is 0 Å². The molecule has 6 nitrogen and oxygen atoms in total. The standard InChI is InChI=1S/C18H29N3O3/c1-17(2)13-21(14-18(3,4)24-17)16(23)19-10-6-8-12-20-11-7-5-9-15(20)22/h5,7,9,11H,6,8,10,12-14H2,1-4H3,(H,19,23). The largest absolute Gasteiger partial charge is 0.366 e. The molecule has 0 bridgehead atoms. The van der Waals surface area contributed by atoms with E-state index in [9.17, 15) is 9.59 Å². The molecule has 2 amide bonds. The van der Waals surface area contributed by atoms with Crippen LogP contribution in [0.1, 0.15) is 40.5 Å². The summed E-state index contributed by atoms with van der Waals surface area (Å²) in [5, 5.41) is 2.97. The first-order valence-electron chi connectivity index (χ1n) is 8.57. The molecule has 2 heterocycles. The monoisotopic (exact) mass is 335 g/mol. The van der Waals surface area contributed by atoms with Crippen LogP contribution in [0.3, 0.4) is 0 Å². The van der Waals surface area contributed by atoms with Gasteiger partial charge in [0.15, 0.2) is 0 Å². The minimum Gasteiger partial charge on any atom is -0.366 e. The molecule has 1 aliphatic rings. The molecule has 0 aliphatic carbocycles. The van der Waals surface area contributed by atoms with Crippen LogP contribution >= 0.6 is 0 Å². The molecule has 1 fully saturated rings. The highest BCUT2D eigenvalue weighted by molar-refractivity contribution is 5.74. The third-order valence-corrected chi connectivity index (χ3v) is 3.98. The molecule has 0 radical (unpaired) electrons. The molecule has 1 aromatic heterocycles. The molecule has 1 aliphatic heterocycles. The number of ether oxygens (including phenoxy) is 1. The third kappa shape index (κ3) is 5.37. The van der Waals surface area contributed by atoms with Gasteiger partial charge in [0.1, 0.15) is 0 Å². The molecule has 6 heteroatoms. The number of nitrogens with one attached hydrogen (secondary N) is 1. The molecule has 0 atom stereocenters. The van der Waals surface area contributed by atoms with E-state index in [1.54, 1.807) is 22.9 Å². The van der Waals surface area contributed by atoms with Crippen LogP contribution in [0.15, 0.2) is 29.2 Å². The number of hydrogen-bond donors (Lipinski definition) is 1. The van der Waals surface area contributed by atoms with Crippen molar-refractivity contribution in [2.45, 2.75) is 58.3 Å². The number of amides is 2. The number of nitrogens with zero attached hydrogens (tertiary/aromatic N) is 2. The van der Waals surface area contributed by atoms with Gasteiger partial charge < -0.3 is 19.5 Å². The number of morpholine rings is 1. The van der Waals surface area contributed by atoms with Crippen LogP contribution in [-0.4, -0.2) is 46.3 Å². The SMILES string of the molecule is CC1(C)CN(C(=O)NCCCCn2ccccc2=O)CC(C)(C)O1. The molecule has 0 aromatic carbocycles. The highest BCUT2D eigenvalue weighted by atomic mass is 16.5. The Labute approximate surface area is 143 Å². The smallest absolute Gasteiger partial charge is 0.317 e. The summed E-state index contributed by atoms with van der Waals surface area (Å²) in [6, 6.07) is 5.11. The normalized spacial score (nSPS) is 19.1. The summed E-state index contributed by atoms with van der Waals surface area (Å²) in [5.74, 6) is 0. The average molecular weight is 335 g/mol. The Morgan fingerprint density at radius 1 is 1.17 bits per heavy atom. The second kappa shape index (κ2) is 7.38. The zero-order chi connectivity index (χ0) is 17.8. The summed E-state index contributed by atoms with van der Waals surface area (Å²) in [4.78, 5) is 25.8. The lowest BCUT2D eigenvalue weighted by Crippen LogP contribution is -2.60. The first-order valence-corrected chi connectivity index (χ1v) is 8.57. The Bertz CT molecular complexity index is 606. The molecular weight excluding hydrogens is 306 g/mol. The molecular formula is C18H29N3O3. The first kappa shape index (κ1) is 18.5. The first-order chi connectivity index (χ1) is 11.2. The van der Waals surface area contributed by atoms with Crippen LogP contribution in [0.4, 0.5) is 4.79 Å². The van der Waals surface area contributed by atoms with E-state index in [2.05, 4.69) is 5.32 Å². The lowest BCUT2D eigenvalue weighted by atomic mass is 9.99. The highest BCUT2D eigenvalue weighted by Gasteiger charge is 2.39. The quantitative estimate of drug-likeness (QED) is 0.839. The number of unbranched alkanes of at least 4 members (excludes halogenated alkanes) is 1. The van der Waals surface area contributed by atoms with Crippen molar-refractivity contribution in [3.8, 4) is 0 Å². The molecule has 0 saturated carbocycles. The Balaban J connectivity index is 1.73. The summed E-state index contributed by atoms with van der Waals surface area (Å²) in [6.07, 6.45) is 3.48. The predicted molar refractivity (Wildman–Crippen MR) is 94.2 cm³/mol. The molecule has 1 aromatic rings. The fourth-order valence-electron chi connectivity index (χ4n) is 3.29. The van der Waals surface area contributed by atoms with Gasteiger partial charge in [-0.15, -0.1) is 0 Å². The molecule has 2 rings (SSSR count). The Kier molecular flexibility index (Phi) is 5.70. The van der Waals surface area contributed by atoms with E-state index in [1.165, 1.54) is 0 Å². The zero-order valence-electron chi connectivity index (χ0n) is 15.2. The van der Waals surface area contributed by atoms with E-state index in [0.717, 1.165) is 12.8 Å². The fraction of sp³-hybridized carbons (Fsp3) is 0.667. The van der Waals surface area contributed by atoms with E-state index in [0.29, 0.717) is 26.2 Å². The van der Waals surface area contributed by atoms with Gasteiger partial charge in [-0.05, 0) is 46.6 Å². The third-order valence-electron chi connectivity index (χ3n) is 3.98. The van der Waals surface area contributed by atoms with Crippen molar-refractivity contribution in [2.24, 2.45) is 0 Å². The Morgan fingerprint density at radius 3 is 2.46 bits per heavy atom. The molecule has 0 unspecified atom stereocenters. The maximum absolute atomic E-state index is 12.4. The number of pyridine rings is 1. The maximum atomic E-state index is 12.4. The topological polar surface area (TPSA) is 63.6 Å². The molecule has 24 heavy (non-hydrogen) atoms. The molecule has 0 spiro atoms.